The van der Waals surface area contributed by atoms with Crippen molar-refractivity contribution >= 4 is 47.4 Å². The maximum Gasteiger partial charge on any atom is 0.407 e. The first-order valence-corrected chi connectivity index (χ1v) is 19.8. The van der Waals surface area contributed by atoms with E-state index < -0.39 is 89.9 Å². The minimum absolute atomic E-state index is 0.0687. The van der Waals surface area contributed by atoms with E-state index in [1.807, 2.05) is 13.8 Å². The fourth-order valence-electron chi connectivity index (χ4n) is 7.79. The molecule has 308 valence electrons. The quantitative estimate of drug-likeness (QED) is 0.126. The van der Waals surface area contributed by atoms with Gasteiger partial charge in [0.05, 0.1) is 31.7 Å². The smallest absolute Gasteiger partial charge is 0.407 e. The van der Waals surface area contributed by atoms with Gasteiger partial charge in [0, 0.05) is 26.6 Å². The lowest BCUT2D eigenvalue weighted by molar-refractivity contribution is -0.149. The number of benzene rings is 1. The van der Waals surface area contributed by atoms with Gasteiger partial charge in [-0.15, -0.1) is 0 Å². The number of likely N-dealkylation sites (tertiary alicyclic amines) is 1. The lowest BCUT2D eigenvalue weighted by Gasteiger charge is -2.36. The second-order valence-corrected chi connectivity index (χ2v) is 15.5. The number of carbonyl (C=O) groups is 8. The third-order valence-corrected chi connectivity index (χ3v) is 10.6. The summed E-state index contributed by atoms with van der Waals surface area (Å²) in [6.45, 7) is 6.98. The molecule has 1 aliphatic heterocycles. The molecule has 0 aromatic heterocycles. The summed E-state index contributed by atoms with van der Waals surface area (Å²) in [5.74, 6) is -6.61. The number of esters is 1. The number of hydrogen-bond donors (Lipinski definition) is 4. The minimum atomic E-state index is -1.31. The summed E-state index contributed by atoms with van der Waals surface area (Å²) in [6, 6.07) is 4.09. The first kappa shape index (κ1) is 43.7. The molecule has 16 heteroatoms. The molecular formula is C40H58N6O10. The van der Waals surface area contributed by atoms with Crippen molar-refractivity contribution in [1.29, 1.82) is 0 Å². The Labute approximate surface area is 328 Å². The highest BCUT2D eigenvalue weighted by Gasteiger charge is 2.68. The number of hydrogen-bond acceptors (Lipinski definition) is 10. The van der Waals surface area contributed by atoms with E-state index in [-0.39, 0.29) is 43.9 Å². The number of amides is 6. The van der Waals surface area contributed by atoms with E-state index in [0.717, 1.165) is 19.3 Å². The number of Topliss-reactive ketones (excluding diaryl/α,β-unsaturated/α-hetero) is 1. The Balaban J connectivity index is 1.49. The van der Waals surface area contributed by atoms with E-state index >= 15 is 0 Å². The van der Waals surface area contributed by atoms with Crippen molar-refractivity contribution in [3.05, 3.63) is 35.9 Å². The molecule has 4 N–H and O–H groups in total. The fraction of sp³-hybridized carbons (Fsp3) is 0.650. The average Bonchev–Trinajstić information content (AvgIpc) is 3.75. The molecule has 6 amide bonds. The van der Waals surface area contributed by atoms with Crippen LogP contribution in [0.25, 0.3) is 0 Å². The number of carbonyl (C=O) groups excluding carboxylic acids is 8. The van der Waals surface area contributed by atoms with Crippen LogP contribution in [0.3, 0.4) is 0 Å². The van der Waals surface area contributed by atoms with Crippen LogP contribution in [0.1, 0.15) is 84.2 Å². The van der Waals surface area contributed by atoms with Gasteiger partial charge in [-0.3, -0.25) is 33.6 Å². The molecule has 56 heavy (non-hydrogen) atoms. The van der Waals surface area contributed by atoms with Crippen LogP contribution in [-0.4, -0.2) is 116 Å². The summed E-state index contributed by atoms with van der Waals surface area (Å²) in [6.07, 6.45) is 3.89. The largest absolute Gasteiger partial charge is 0.466 e. The van der Waals surface area contributed by atoms with E-state index in [2.05, 4.69) is 21.3 Å². The number of ketones is 1. The van der Waals surface area contributed by atoms with Crippen LogP contribution in [0.2, 0.25) is 0 Å². The second-order valence-electron chi connectivity index (χ2n) is 15.5. The average molecular weight is 783 g/mol. The Morgan fingerprint density at radius 2 is 1.57 bits per heavy atom. The van der Waals surface area contributed by atoms with Crippen LogP contribution in [-0.2, 0) is 43.0 Å². The number of fused-ring (bicyclic) bond motifs is 1. The van der Waals surface area contributed by atoms with Gasteiger partial charge in [0.25, 0.3) is 5.91 Å². The lowest BCUT2D eigenvalue weighted by atomic mass is 9.83. The fourth-order valence-corrected chi connectivity index (χ4v) is 7.79. The number of piperidine rings is 1. The Bertz CT molecular complexity index is 1600. The molecule has 4 rings (SSSR count). The van der Waals surface area contributed by atoms with Gasteiger partial charge in [-0.1, -0.05) is 76.8 Å². The van der Waals surface area contributed by atoms with Crippen molar-refractivity contribution in [2.24, 2.45) is 29.6 Å². The van der Waals surface area contributed by atoms with Crippen LogP contribution in [0, 0.1) is 29.6 Å². The van der Waals surface area contributed by atoms with E-state index in [1.54, 1.807) is 58.3 Å². The Kier molecular flexibility index (Phi) is 15.8. The Morgan fingerprint density at radius 1 is 0.893 bits per heavy atom. The summed E-state index contributed by atoms with van der Waals surface area (Å²) in [7, 11) is 3.09. The molecule has 3 fully saturated rings. The molecular weight excluding hydrogens is 724 g/mol. The predicted octanol–water partition coefficient (Wildman–Crippen LogP) is 1.87. The molecule has 1 aromatic carbocycles. The number of nitrogens with zero attached hydrogens (tertiary/aromatic N) is 2. The minimum Gasteiger partial charge on any atom is -0.466 e. The zero-order valence-corrected chi connectivity index (χ0v) is 33.3. The topological polar surface area (TPSA) is 210 Å². The van der Waals surface area contributed by atoms with Gasteiger partial charge in [0.2, 0.25) is 29.4 Å². The van der Waals surface area contributed by atoms with E-state index in [4.69, 9.17) is 9.47 Å². The van der Waals surface area contributed by atoms with Gasteiger partial charge in [-0.25, -0.2) is 4.79 Å². The third kappa shape index (κ3) is 11.1. The van der Waals surface area contributed by atoms with Crippen LogP contribution < -0.4 is 21.3 Å². The van der Waals surface area contributed by atoms with Gasteiger partial charge in [0.1, 0.15) is 18.1 Å². The highest BCUT2D eigenvalue weighted by atomic mass is 16.5. The Hall–Kier alpha value is -5.02. The van der Waals surface area contributed by atoms with E-state index in [1.165, 1.54) is 9.80 Å². The first-order chi connectivity index (χ1) is 26.7. The van der Waals surface area contributed by atoms with Crippen molar-refractivity contribution in [3.8, 4) is 0 Å². The van der Waals surface area contributed by atoms with Crippen LogP contribution in [0.15, 0.2) is 30.3 Å². The molecule has 16 nitrogen and oxygen atoms in total. The van der Waals surface area contributed by atoms with Crippen molar-refractivity contribution in [3.63, 3.8) is 0 Å². The molecule has 0 radical (unpaired) electrons. The van der Waals surface area contributed by atoms with Crippen molar-refractivity contribution in [2.45, 2.75) is 96.8 Å². The highest BCUT2D eigenvalue weighted by Crippen LogP contribution is 2.56. The summed E-state index contributed by atoms with van der Waals surface area (Å²) < 4.78 is 10.6. The van der Waals surface area contributed by atoms with E-state index in [9.17, 15) is 38.4 Å². The summed E-state index contributed by atoms with van der Waals surface area (Å²) in [5, 5.41) is 10.4. The molecule has 1 saturated heterocycles. The Morgan fingerprint density at radius 3 is 2.18 bits per heavy atom. The van der Waals surface area contributed by atoms with Gasteiger partial charge in [0.15, 0.2) is 0 Å². The number of likely N-dealkylation sites (N-methyl/N-ethyl adjacent to an activating group) is 1. The molecule has 2 aliphatic carbocycles. The van der Waals surface area contributed by atoms with Crippen molar-refractivity contribution in [1.82, 2.24) is 31.1 Å². The molecule has 4 unspecified atom stereocenters. The molecule has 0 bridgehead atoms. The first-order valence-electron chi connectivity index (χ1n) is 19.8. The van der Waals surface area contributed by atoms with Crippen molar-refractivity contribution < 1.29 is 47.8 Å². The standard InChI is InChI=1S/C40H58N6O10/c1-7-15-27(34(48)36(50)41-20-28(47)43-31(37(51)45(5)6)24-16-11-9-12-17-24)42-35(49)33-29-26(30(29)39(53)55-8-2)21-46(33)38(52)32(25-18-13-10-14-19-25)44-40(54)56-22-23(3)4/h9,11-12,16-17,23,25-27,29-33H,7-8,10,13-15,18-22H2,1-6H3,(H,41,50)(H,42,49)(H,43,47)(H,44,54)/t26?,27?,29-,30+,31?,32?,33+/m1/s1. The summed E-state index contributed by atoms with van der Waals surface area (Å²) in [5.41, 5.74) is 0.530. The van der Waals surface area contributed by atoms with Crippen LogP contribution >= 0.6 is 0 Å². The molecule has 1 heterocycles. The lowest BCUT2D eigenvalue weighted by Crippen LogP contribution is -2.59. The van der Waals surface area contributed by atoms with Gasteiger partial charge < -0.3 is 40.5 Å². The zero-order valence-electron chi connectivity index (χ0n) is 33.3. The normalized spacial score (nSPS) is 21.7. The molecule has 3 aliphatic rings. The third-order valence-electron chi connectivity index (χ3n) is 10.6. The predicted molar refractivity (Wildman–Crippen MR) is 203 cm³/mol. The summed E-state index contributed by atoms with van der Waals surface area (Å²) >= 11 is 0. The number of rotatable bonds is 18. The number of alkyl carbamates (subject to hydrolysis) is 1. The summed E-state index contributed by atoms with van der Waals surface area (Å²) in [4.78, 5) is 110. The monoisotopic (exact) mass is 782 g/mol. The molecule has 2 saturated carbocycles. The molecule has 1 aromatic rings. The van der Waals surface area contributed by atoms with Crippen LogP contribution in [0.5, 0.6) is 0 Å². The van der Waals surface area contributed by atoms with Crippen molar-refractivity contribution in [2.75, 3.05) is 40.4 Å². The molecule has 0 spiro atoms. The van der Waals surface area contributed by atoms with Gasteiger partial charge in [-0.05, 0) is 49.5 Å². The second kappa shape index (κ2) is 20.2. The maximum atomic E-state index is 14.4. The zero-order chi connectivity index (χ0) is 41.1. The number of ether oxygens (including phenoxy) is 2. The molecule has 7 atom stereocenters. The highest BCUT2D eigenvalue weighted by molar-refractivity contribution is 6.38. The maximum absolute atomic E-state index is 14.4. The number of nitrogens with one attached hydrogen (secondary N) is 4. The van der Waals surface area contributed by atoms with Gasteiger partial charge >= 0.3 is 12.1 Å². The van der Waals surface area contributed by atoms with E-state index in [0.29, 0.717) is 24.8 Å². The van der Waals surface area contributed by atoms with Crippen LogP contribution in [0.4, 0.5) is 4.79 Å². The SMILES string of the molecule is CCCC(NC(=O)[C@@H]1[C@@H]2C(CN1C(=O)C(NC(=O)OCC(C)C)C1CCCCC1)[C@@H]2C(=O)OCC)C(=O)C(=O)NCC(=O)NC(C(=O)N(C)C)c1ccccc1. The van der Waals surface area contributed by atoms with Gasteiger partial charge in [-0.2, -0.15) is 0 Å².